The van der Waals surface area contributed by atoms with Crippen LogP contribution in [0.25, 0.3) is 11.3 Å². The average Bonchev–Trinajstić information content (AvgIpc) is 3.21. The molecule has 1 atom stereocenters. The molecule has 1 unspecified atom stereocenters. The summed E-state index contributed by atoms with van der Waals surface area (Å²) in [6.45, 7) is 6.63. The van der Waals surface area contributed by atoms with Crippen LogP contribution in [0.1, 0.15) is 49.7 Å². The number of nitrogens with one attached hydrogen (secondary N) is 2. The zero-order valence-corrected chi connectivity index (χ0v) is 19.9. The largest absolute Gasteiger partial charge is 0.350 e. The van der Waals surface area contributed by atoms with Crippen molar-refractivity contribution in [1.29, 1.82) is 0 Å². The first-order valence-corrected chi connectivity index (χ1v) is 12.5. The van der Waals surface area contributed by atoms with Gasteiger partial charge in [-0.1, -0.05) is 24.3 Å². The number of rotatable bonds is 7. The summed E-state index contributed by atoms with van der Waals surface area (Å²) in [7, 11) is -3.38. The minimum atomic E-state index is -3.38. The van der Waals surface area contributed by atoms with Gasteiger partial charge in [0, 0.05) is 23.4 Å². The summed E-state index contributed by atoms with van der Waals surface area (Å²) in [5.41, 5.74) is 2.95. The molecular weight excluding hydrogens is 446 g/mol. The Morgan fingerprint density at radius 3 is 2.16 bits per heavy atom. The van der Waals surface area contributed by atoms with Crippen molar-refractivity contribution in [3.05, 3.63) is 65.0 Å². The van der Waals surface area contributed by atoms with E-state index in [2.05, 4.69) is 15.6 Å². The maximum atomic E-state index is 12.5. The van der Waals surface area contributed by atoms with Gasteiger partial charge in [0.15, 0.2) is 15.0 Å². The van der Waals surface area contributed by atoms with E-state index in [-0.39, 0.29) is 22.8 Å². The highest BCUT2D eigenvalue weighted by Gasteiger charge is 2.19. The first-order chi connectivity index (χ1) is 15.1. The molecule has 2 N–H and O–H groups in total. The van der Waals surface area contributed by atoms with Crippen molar-refractivity contribution in [2.45, 2.75) is 43.9 Å². The van der Waals surface area contributed by atoms with E-state index in [1.807, 2.05) is 36.6 Å². The van der Waals surface area contributed by atoms with E-state index < -0.39 is 15.1 Å². The Morgan fingerprint density at radius 1 is 0.969 bits per heavy atom. The highest BCUT2D eigenvalue weighted by Crippen LogP contribution is 2.27. The molecule has 0 aliphatic heterocycles. The zero-order chi connectivity index (χ0) is 23.5. The third kappa shape index (κ3) is 5.41. The SMILES string of the molecule is CC(=O)NC(C)c1ccc(-c2csc(NC(=O)c3ccc(S(=O)(=O)C(C)C)cc3)n2)cc1. The summed E-state index contributed by atoms with van der Waals surface area (Å²) in [6.07, 6.45) is 0. The van der Waals surface area contributed by atoms with Crippen molar-refractivity contribution in [2.75, 3.05) is 5.32 Å². The third-order valence-electron chi connectivity index (χ3n) is 4.92. The minimum absolute atomic E-state index is 0.0855. The normalized spacial score (nSPS) is 12.4. The van der Waals surface area contributed by atoms with Crippen LogP contribution in [0.2, 0.25) is 0 Å². The maximum Gasteiger partial charge on any atom is 0.257 e. The van der Waals surface area contributed by atoms with E-state index in [1.165, 1.54) is 42.5 Å². The second-order valence-electron chi connectivity index (χ2n) is 7.65. The smallest absolute Gasteiger partial charge is 0.257 e. The van der Waals surface area contributed by atoms with Gasteiger partial charge >= 0.3 is 0 Å². The van der Waals surface area contributed by atoms with Crippen molar-refractivity contribution in [2.24, 2.45) is 0 Å². The lowest BCUT2D eigenvalue weighted by atomic mass is 10.1. The number of hydrogen-bond acceptors (Lipinski definition) is 6. The van der Waals surface area contributed by atoms with Gasteiger partial charge in [-0.15, -0.1) is 11.3 Å². The number of amides is 2. The van der Waals surface area contributed by atoms with Crippen molar-refractivity contribution >= 4 is 38.1 Å². The van der Waals surface area contributed by atoms with Gasteiger partial charge in [-0.2, -0.15) is 0 Å². The number of hydrogen-bond donors (Lipinski definition) is 2. The van der Waals surface area contributed by atoms with Crippen LogP contribution in [0.5, 0.6) is 0 Å². The third-order valence-corrected chi connectivity index (χ3v) is 7.84. The van der Waals surface area contributed by atoms with Crippen molar-refractivity contribution < 1.29 is 18.0 Å². The van der Waals surface area contributed by atoms with E-state index in [1.54, 1.807) is 13.8 Å². The lowest BCUT2D eigenvalue weighted by Crippen LogP contribution is -2.23. The fourth-order valence-electron chi connectivity index (χ4n) is 3.03. The highest BCUT2D eigenvalue weighted by atomic mass is 32.2. The number of aromatic nitrogens is 1. The summed E-state index contributed by atoms with van der Waals surface area (Å²) in [4.78, 5) is 28.4. The van der Waals surface area contributed by atoms with Gasteiger partial charge in [-0.25, -0.2) is 13.4 Å². The molecule has 1 heterocycles. The number of carbonyl (C=O) groups excluding carboxylic acids is 2. The summed E-state index contributed by atoms with van der Waals surface area (Å²) in [5.74, 6) is -0.448. The number of sulfone groups is 1. The van der Waals surface area contributed by atoms with Crippen LogP contribution in [0, 0.1) is 0 Å². The molecule has 7 nitrogen and oxygen atoms in total. The van der Waals surface area contributed by atoms with Crippen LogP contribution >= 0.6 is 11.3 Å². The Kier molecular flexibility index (Phi) is 7.10. The van der Waals surface area contributed by atoms with Gasteiger partial charge < -0.3 is 5.32 Å². The summed E-state index contributed by atoms with van der Waals surface area (Å²) in [6, 6.07) is 13.5. The van der Waals surface area contributed by atoms with Crippen LogP contribution in [-0.4, -0.2) is 30.5 Å². The van der Waals surface area contributed by atoms with Gasteiger partial charge in [0.2, 0.25) is 5.91 Å². The molecule has 3 aromatic rings. The molecule has 9 heteroatoms. The molecular formula is C23H25N3O4S2. The number of anilines is 1. The molecule has 3 rings (SSSR count). The van der Waals surface area contributed by atoms with E-state index >= 15 is 0 Å². The molecule has 0 saturated carbocycles. The molecule has 0 bridgehead atoms. The van der Waals surface area contributed by atoms with Crippen LogP contribution < -0.4 is 10.6 Å². The van der Waals surface area contributed by atoms with Gasteiger partial charge in [0.05, 0.1) is 21.9 Å². The fourth-order valence-corrected chi connectivity index (χ4v) is 4.81. The Labute approximate surface area is 191 Å². The van der Waals surface area contributed by atoms with Crippen LogP contribution in [0.15, 0.2) is 58.8 Å². The van der Waals surface area contributed by atoms with Crippen molar-refractivity contribution in [1.82, 2.24) is 10.3 Å². The predicted octanol–water partition coefficient (Wildman–Crippen LogP) is 4.44. The molecule has 1 aromatic heterocycles. The quantitative estimate of drug-likeness (QED) is 0.530. The Hall–Kier alpha value is -3.04. The van der Waals surface area contributed by atoms with Gasteiger partial charge in [-0.05, 0) is 50.6 Å². The second kappa shape index (κ2) is 9.62. The Bertz CT molecular complexity index is 1210. The number of thiazole rings is 1. The van der Waals surface area contributed by atoms with Gasteiger partial charge in [-0.3, -0.25) is 14.9 Å². The Morgan fingerprint density at radius 2 is 1.59 bits per heavy atom. The van der Waals surface area contributed by atoms with Crippen molar-refractivity contribution in [3.63, 3.8) is 0 Å². The molecule has 0 saturated heterocycles. The summed E-state index contributed by atoms with van der Waals surface area (Å²) < 4.78 is 24.4. The molecule has 0 radical (unpaired) electrons. The summed E-state index contributed by atoms with van der Waals surface area (Å²) in [5, 5.41) is 7.36. The molecule has 2 amide bonds. The lowest BCUT2D eigenvalue weighted by molar-refractivity contribution is -0.119. The number of carbonyl (C=O) groups is 2. The highest BCUT2D eigenvalue weighted by molar-refractivity contribution is 7.92. The monoisotopic (exact) mass is 471 g/mol. The topological polar surface area (TPSA) is 105 Å². The standard InChI is InChI=1S/C23H25N3O4S2/c1-14(2)32(29,30)20-11-9-19(10-12-20)22(28)26-23-25-21(13-31-23)18-7-5-17(6-8-18)15(3)24-16(4)27/h5-15H,1-4H3,(H,24,27)(H,25,26,28). The van der Waals surface area contributed by atoms with E-state index in [0.29, 0.717) is 10.7 Å². The number of nitrogens with zero attached hydrogens (tertiary/aromatic N) is 1. The zero-order valence-electron chi connectivity index (χ0n) is 18.2. The van der Waals surface area contributed by atoms with E-state index in [9.17, 15) is 18.0 Å². The molecule has 0 aliphatic rings. The molecule has 168 valence electrons. The first-order valence-electron chi connectivity index (χ1n) is 10.1. The van der Waals surface area contributed by atoms with Crippen LogP contribution in [-0.2, 0) is 14.6 Å². The second-order valence-corrected chi connectivity index (χ2v) is 11.0. The molecule has 2 aromatic carbocycles. The predicted molar refractivity (Wildman–Crippen MR) is 126 cm³/mol. The maximum absolute atomic E-state index is 12.5. The molecule has 32 heavy (non-hydrogen) atoms. The molecule has 0 aliphatic carbocycles. The Balaban J connectivity index is 1.68. The molecule has 0 fully saturated rings. The average molecular weight is 472 g/mol. The van der Waals surface area contributed by atoms with Gasteiger partial charge in [0.25, 0.3) is 5.91 Å². The van der Waals surface area contributed by atoms with Crippen LogP contribution in [0.3, 0.4) is 0 Å². The first kappa shape index (κ1) is 23.6. The van der Waals surface area contributed by atoms with Gasteiger partial charge in [0.1, 0.15) is 0 Å². The van der Waals surface area contributed by atoms with E-state index in [0.717, 1.165) is 16.8 Å². The summed E-state index contributed by atoms with van der Waals surface area (Å²) >= 11 is 1.30. The van der Waals surface area contributed by atoms with Crippen LogP contribution in [0.4, 0.5) is 5.13 Å². The number of benzene rings is 2. The molecule has 0 spiro atoms. The lowest BCUT2D eigenvalue weighted by Gasteiger charge is -2.13. The van der Waals surface area contributed by atoms with E-state index in [4.69, 9.17) is 0 Å². The minimum Gasteiger partial charge on any atom is -0.350 e. The fraction of sp³-hybridized carbons (Fsp3) is 0.261. The van der Waals surface area contributed by atoms with Crippen molar-refractivity contribution in [3.8, 4) is 11.3 Å².